The van der Waals surface area contributed by atoms with E-state index in [1.165, 1.54) is 15.2 Å². The Morgan fingerprint density at radius 1 is 1.53 bits per heavy atom. The van der Waals surface area contributed by atoms with Crippen molar-refractivity contribution in [2.45, 2.75) is 30.8 Å². The second-order valence-corrected chi connectivity index (χ2v) is 6.71. The average Bonchev–Trinajstić information content (AvgIpc) is 2.76. The van der Waals surface area contributed by atoms with Crippen molar-refractivity contribution < 1.29 is 8.42 Å². The molecule has 2 N–H and O–H groups in total. The Labute approximate surface area is 119 Å². The maximum absolute atomic E-state index is 12.4. The highest BCUT2D eigenvalue weighted by atomic mass is 35.5. The van der Waals surface area contributed by atoms with Crippen LogP contribution in [0.2, 0.25) is 0 Å². The van der Waals surface area contributed by atoms with Gasteiger partial charge in [-0.2, -0.15) is 4.31 Å². The summed E-state index contributed by atoms with van der Waals surface area (Å²) in [5.74, 6) is 0.217. The normalized spacial score (nSPS) is 22.8. The molecule has 2 rings (SSSR count). The van der Waals surface area contributed by atoms with E-state index in [0.29, 0.717) is 13.1 Å². The molecular formula is C10H20ClN5O2S. The van der Waals surface area contributed by atoms with Crippen molar-refractivity contribution in [2.24, 2.45) is 18.7 Å². The highest BCUT2D eigenvalue weighted by Crippen LogP contribution is 2.24. The van der Waals surface area contributed by atoms with Gasteiger partial charge in [0.2, 0.25) is 0 Å². The summed E-state index contributed by atoms with van der Waals surface area (Å²) in [6, 6.07) is 0.00709. The Morgan fingerprint density at radius 2 is 2.21 bits per heavy atom. The minimum Gasteiger partial charge on any atom is -0.328 e. The van der Waals surface area contributed by atoms with Crippen LogP contribution in [-0.2, 0) is 17.1 Å². The first-order chi connectivity index (χ1) is 8.43. The first-order valence-electron chi connectivity index (χ1n) is 6.03. The minimum absolute atomic E-state index is 0. The summed E-state index contributed by atoms with van der Waals surface area (Å²) in [5, 5.41) is 7.42. The molecule has 1 aliphatic heterocycles. The van der Waals surface area contributed by atoms with Crippen LogP contribution in [0.25, 0.3) is 0 Å². The first-order valence-corrected chi connectivity index (χ1v) is 7.47. The van der Waals surface area contributed by atoms with Crippen LogP contribution in [0.5, 0.6) is 0 Å². The number of aromatic nitrogens is 3. The Kier molecular flexibility index (Phi) is 5.31. The highest BCUT2D eigenvalue weighted by Gasteiger charge is 2.33. The van der Waals surface area contributed by atoms with E-state index in [0.717, 1.165) is 12.8 Å². The lowest BCUT2D eigenvalue weighted by Gasteiger charge is -2.33. The zero-order chi connectivity index (χ0) is 13.3. The second-order valence-electron chi connectivity index (χ2n) is 4.82. The van der Waals surface area contributed by atoms with Gasteiger partial charge in [-0.05, 0) is 25.7 Å². The molecule has 2 unspecified atom stereocenters. The molecular weight excluding hydrogens is 290 g/mol. The second kappa shape index (κ2) is 6.17. The predicted octanol–water partition coefficient (Wildman–Crippen LogP) is -0.0152. The number of hydrogen-bond donors (Lipinski definition) is 1. The van der Waals surface area contributed by atoms with Crippen molar-refractivity contribution in [1.29, 1.82) is 0 Å². The number of nitrogens with two attached hydrogens (primary N) is 1. The fourth-order valence-electron chi connectivity index (χ4n) is 2.27. The molecule has 2 heterocycles. The third kappa shape index (κ3) is 3.25. The molecule has 0 saturated carbocycles. The molecule has 0 amide bonds. The van der Waals surface area contributed by atoms with Gasteiger partial charge in [-0.15, -0.1) is 17.5 Å². The van der Waals surface area contributed by atoms with Gasteiger partial charge in [0.05, 0.1) is 6.20 Å². The number of sulfonamides is 1. The summed E-state index contributed by atoms with van der Waals surface area (Å²) in [6.07, 6.45) is 3.11. The van der Waals surface area contributed by atoms with Crippen molar-refractivity contribution >= 4 is 22.4 Å². The Morgan fingerprint density at radius 3 is 2.74 bits per heavy atom. The lowest BCUT2D eigenvalue weighted by Crippen LogP contribution is -2.45. The third-order valence-electron chi connectivity index (χ3n) is 3.44. The van der Waals surface area contributed by atoms with Crippen molar-refractivity contribution in [1.82, 2.24) is 19.3 Å². The quantitative estimate of drug-likeness (QED) is 0.847. The van der Waals surface area contributed by atoms with Gasteiger partial charge < -0.3 is 5.73 Å². The van der Waals surface area contributed by atoms with Crippen LogP contribution < -0.4 is 5.73 Å². The van der Waals surface area contributed by atoms with Crippen LogP contribution in [0.15, 0.2) is 11.2 Å². The molecule has 19 heavy (non-hydrogen) atoms. The zero-order valence-electron chi connectivity index (χ0n) is 11.1. The molecule has 110 valence electrons. The van der Waals surface area contributed by atoms with Crippen LogP contribution >= 0.6 is 12.4 Å². The van der Waals surface area contributed by atoms with E-state index in [4.69, 9.17) is 5.73 Å². The standard InChI is InChI=1S/C10H19N5O2S.ClH/c1-8(11)9-4-3-5-15(7-9)18(16,17)10-6-12-13-14(10)2;/h6,8-9H,3-5,7,11H2,1-2H3;1H. The van der Waals surface area contributed by atoms with Crippen molar-refractivity contribution in [3.8, 4) is 0 Å². The first kappa shape index (κ1) is 16.4. The summed E-state index contributed by atoms with van der Waals surface area (Å²) in [4.78, 5) is 0. The molecule has 1 aromatic rings. The fourth-order valence-corrected chi connectivity index (χ4v) is 3.84. The summed E-state index contributed by atoms with van der Waals surface area (Å²) in [6.45, 7) is 2.94. The maximum atomic E-state index is 12.4. The molecule has 7 nitrogen and oxygen atoms in total. The van der Waals surface area contributed by atoms with E-state index in [9.17, 15) is 8.42 Å². The van der Waals surface area contributed by atoms with Crippen LogP contribution in [0, 0.1) is 5.92 Å². The smallest absolute Gasteiger partial charge is 0.261 e. The number of aryl methyl sites for hydroxylation is 1. The van der Waals surface area contributed by atoms with Crippen LogP contribution in [0.1, 0.15) is 19.8 Å². The monoisotopic (exact) mass is 309 g/mol. The molecule has 9 heteroatoms. The zero-order valence-corrected chi connectivity index (χ0v) is 12.7. The Hall–Kier alpha value is -0.700. The molecule has 0 spiro atoms. The molecule has 1 saturated heterocycles. The van der Waals surface area contributed by atoms with E-state index in [2.05, 4.69) is 10.3 Å². The van der Waals surface area contributed by atoms with Crippen LogP contribution in [0.3, 0.4) is 0 Å². The van der Waals surface area contributed by atoms with Crippen molar-refractivity contribution in [3.05, 3.63) is 6.20 Å². The molecule has 0 bridgehead atoms. The van der Waals surface area contributed by atoms with Gasteiger partial charge in [0.15, 0.2) is 5.03 Å². The number of hydrogen-bond acceptors (Lipinski definition) is 5. The molecule has 0 aromatic carbocycles. The topological polar surface area (TPSA) is 94.1 Å². The molecule has 1 aromatic heterocycles. The van der Waals surface area contributed by atoms with Gasteiger partial charge in [0.25, 0.3) is 10.0 Å². The summed E-state index contributed by atoms with van der Waals surface area (Å²) < 4.78 is 27.6. The van der Waals surface area contributed by atoms with E-state index in [-0.39, 0.29) is 29.4 Å². The minimum atomic E-state index is -3.50. The van der Waals surface area contributed by atoms with Gasteiger partial charge >= 0.3 is 0 Å². The Balaban J connectivity index is 0.00000180. The Bertz CT molecular complexity index is 516. The molecule has 0 aliphatic carbocycles. The third-order valence-corrected chi connectivity index (χ3v) is 5.35. The van der Waals surface area contributed by atoms with Gasteiger partial charge in [-0.3, -0.25) is 0 Å². The van der Waals surface area contributed by atoms with Crippen molar-refractivity contribution in [3.63, 3.8) is 0 Å². The van der Waals surface area contributed by atoms with Gasteiger partial charge in [0.1, 0.15) is 0 Å². The number of piperidine rings is 1. The number of halogens is 1. The molecule has 2 atom stereocenters. The summed E-state index contributed by atoms with van der Waals surface area (Å²) in [7, 11) is -1.92. The highest BCUT2D eigenvalue weighted by molar-refractivity contribution is 7.89. The van der Waals surface area contributed by atoms with Gasteiger partial charge in [-0.1, -0.05) is 5.21 Å². The number of nitrogens with zero attached hydrogens (tertiary/aromatic N) is 4. The molecule has 0 radical (unpaired) electrons. The van der Waals surface area contributed by atoms with E-state index in [1.807, 2.05) is 6.92 Å². The van der Waals surface area contributed by atoms with E-state index in [1.54, 1.807) is 7.05 Å². The lowest BCUT2D eigenvalue weighted by atomic mass is 9.93. The summed E-state index contributed by atoms with van der Waals surface area (Å²) >= 11 is 0. The maximum Gasteiger partial charge on any atom is 0.261 e. The number of rotatable bonds is 3. The van der Waals surface area contributed by atoms with E-state index >= 15 is 0 Å². The SMILES string of the molecule is CC(N)C1CCCN(S(=O)(=O)c2cnnn2C)C1.Cl. The summed E-state index contributed by atoms with van der Waals surface area (Å²) in [5.41, 5.74) is 5.87. The van der Waals surface area contributed by atoms with Crippen LogP contribution in [0.4, 0.5) is 0 Å². The fraction of sp³-hybridized carbons (Fsp3) is 0.800. The van der Waals surface area contributed by atoms with Crippen LogP contribution in [-0.4, -0.2) is 46.8 Å². The largest absolute Gasteiger partial charge is 0.328 e. The molecule has 1 aliphatic rings. The lowest BCUT2D eigenvalue weighted by molar-refractivity contribution is 0.242. The average molecular weight is 310 g/mol. The van der Waals surface area contributed by atoms with Gasteiger partial charge in [-0.25, -0.2) is 13.1 Å². The van der Waals surface area contributed by atoms with E-state index < -0.39 is 10.0 Å². The molecule has 1 fully saturated rings. The van der Waals surface area contributed by atoms with Crippen molar-refractivity contribution in [2.75, 3.05) is 13.1 Å². The van der Waals surface area contributed by atoms with Gasteiger partial charge in [0, 0.05) is 26.2 Å². The predicted molar refractivity (Wildman–Crippen MR) is 73.4 cm³/mol.